The van der Waals surface area contributed by atoms with Gasteiger partial charge < -0.3 is 5.32 Å². The number of nitrogens with zero attached hydrogens (tertiary/aromatic N) is 2. The molecular weight excluding hydrogens is 234 g/mol. The van der Waals surface area contributed by atoms with Crippen molar-refractivity contribution in [3.05, 3.63) is 48.0 Å². The van der Waals surface area contributed by atoms with Crippen molar-refractivity contribution in [1.82, 2.24) is 10.2 Å². The predicted octanol–water partition coefficient (Wildman–Crippen LogP) is 2.31. The minimum atomic E-state index is -0.133. The fourth-order valence-electron chi connectivity index (χ4n) is 2.69. The summed E-state index contributed by atoms with van der Waals surface area (Å²) in [6.45, 7) is 3.80. The smallest absolute Gasteiger partial charge is 0.123 e. The van der Waals surface area contributed by atoms with Gasteiger partial charge in [-0.25, -0.2) is 0 Å². The van der Waals surface area contributed by atoms with Crippen molar-refractivity contribution in [2.45, 2.75) is 6.04 Å². The average molecular weight is 251 g/mol. The summed E-state index contributed by atoms with van der Waals surface area (Å²) in [5.41, 5.74) is 1.10. The highest BCUT2D eigenvalue weighted by atomic mass is 15.2. The van der Waals surface area contributed by atoms with Crippen LogP contribution >= 0.6 is 0 Å². The van der Waals surface area contributed by atoms with E-state index in [0.29, 0.717) is 0 Å². The fourth-order valence-corrected chi connectivity index (χ4v) is 2.69. The topological polar surface area (TPSA) is 39.1 Å². The lowest BCUT2D eigenvalue weighted by Crippen LogP contribution is -2.44. The van der Waals surface area contributed by atoms with Crippen molar-refractivity contribution >= 4 is 10.8 Å². The molecule has 1 heterocycles. The van der Waals surface area contributed by atoms with Gasteiger partial charge in [0.1, 0.15) is 6.04 Å². The molecule has 0 amide bonds. The molecule has 1 fully saturated rings. The van der Waals surface area contributed by atoms with E-state index in [2.05, 4.69) is 46.6 Å². The summed E-state index contributed by atoms with van der Waals surface area (Å²) >= 11 is 0. The monoisotopic (exact) mass is 251 g/mol. The lowest BCUT2D eigenvalue weighted by atomic mass is 10.0. The second-order valence-electron chi connectivity index (χ2n) is 4.92. The van der Waals surface area contributed by atoms with Crippen LogP contribution in [-0.4, -0.2) is 31.1 Å². The van der Waals surface area contributed by atoms with Gasteiger partial charge in [0.05, 0.1) is 6.07 Å². The molecule has 1 saturated heterocycles. The van der Waals surface area contributed by atoms with E-state index in [9.17, 15) is 5.26 Å². The first kappa shape index (κ1) is 12.2. The van der Waals surface area contributed by atoms with Gasteiger partial charge in [-0.05, 0) is 22.4 Å². The number of rotatable bonds is 2. The number of fused-ring (bicyclic) bond motifs is 1. The van der Waals surface area contributed by atoms with Gasteiger partial charge in [-0.2, -0.15) is 5.26 Å². The van der Waals surface area contributed by atoms with Crippen LogP contribution in [0.2, 0.25) is 0 Å². The normalized spacial score (nSPS) is 18.1. The molecule has 19 heavy (non-hydrogen) atoms. The largest absolute Gasteiger partial charge is 0.314 e. The van der Waals surface area contributed by atoms with E-state index in [1.54, 1.807) is 0 Å². The van der Waals surface area contributed by atoms with Crippen molar-refractivity contribution < 1.29 is 0 Å². The van der Waals surface area contributed by atoms with Gasteiger partial charge in [0, 0.05) is 26.2 Å². The van der Waals surface area contributed by atoms with Crippen LogP contribution in [-0.2, 0) is 0 Å². The number of nitrogens with one attached hydrogen (secondary N) is 1. The number of piperazine rings is 1. The van der Waals surface area contributed by atoms with Crippen molar-refractivity contribution in [2.75, 3.05) is 26.2 Å². The fraction of sp³-hybridized carbons (Fsp3) is 0.312. The first-order valence-corrected chi connectivity index (χ1v) is 6.71. The van der Waals surface area contributed by atoms with Crippen LogP contribution in [0.15, 0.2) is 42.5 Å². The second-order valence-corrected chi connectivity index (χ2v) is 4.92. The molecule has 0 spiro atoms. The number of hydrogen-bond acceptors (Lipinski definition) is 3. The van der Waals surface area contributed by atoms with Crippen molar-refractivity contribution in [1.29, 1.82) is 5.26 Å². The molecule has 3 heteroatoms. The molecule has 0 saturated carbocycles. The highest BCUT2D eigenvalue weighted by molar-refractivity contribution is 5.83. The molecule has 1 aliphatic heterocycles. The summed E-state index contributed by atoms with van der Waals surface area (Å²) in [6.07, 6.45) is 0. The molecular formula is C16H17N3. The quantitative estimate of drug-likeness (QED) is 0.890. The van der Waals surface area contributed by atoms with E-state index in [1.807, 2.05) is 12.1 Å². The zero-order chi connectivity index (χ0) is 13.1. The molecule has 3 nitrogen and oxygen atoms in total. The molecule has 0 radical (unpaired) electrons. The van der Waals surface area contributed by atoms with Gasteiger partial charge in [0.15, 0.2) is 0 Å². The maximum absolute atomic E-state index is 9.49. The van der Waals surface area contributed by atoms with Crippen LogP contribution in [0.1, 0.15) is 11.6 Å². The number of hydrogen-bond donors (Lipinski definition) is 1. The second kappa shape index (κ2) is 5.40. The first-order chi connectivity index (χ1) is 9.38. The van der Waals surface area contributed by atoms with Crippen molar-refractivity contribution in [3.8, 4) is 6.07 Å². The van der Waals surface area contributed by atoms with Gasteiger partial charge in [0.25, 0.3) is 0 Å². The Labute approximate surface area is 113 Å². The lowest BCUT2D eigenvalue weighted by Gasteiger charge is -2.31. The van der Waals surface area contributed by atoms with Crippen LogP contribution in [0.4, 0.5) is 0 Å². The van der Waals surface area contributed by atoms with Gasteiger partial charge >= 0.3 is 0 Å². The van der Waals surface area contributed by atoms with Crippen molar-refractivity contribution in [2.24, 2.45) is 0 Å². The van der Waals surface area contributed by atoms with Gasteiger partial charge in [0.2, 0.25) is 0 Å². The van der Waals surface area contributed by atoms with Crippen LogP contribution < -0.4 is 5.32 Å². The summed E-state index contributed by atoms with van der Waals surface area (Å²) in [4.78, 5) is 2.25. The van der Waals surface area contributed by atoms with Crippen LogP contribution in [0.3, 0.4) is 0 Å². The molecule has 1 aliphatic rings. The molecule has 96 valence electrons. The summed E-state index contributed by atoms with van der Waals surface area (Å²) in [5, 5.41) is 15.2. The third-order valence-corrected chi connectivity index (χ3v) is 3.73. The van der Waals surface area contributed by atoms with E-state index in [0.717, 1.165) is 31.7 Å². The molecule has 1 atom stereocenters. The highest BCUT2D eigenvalue weighted by Gasteiger charge is 2.21. The maximum Gasteiger partial charge on any atom is 0.123 e. The van der Waals surface area contributed by atoms with Crippen LogP contribution in [0, 0.1) is 11.3 Å². The zero-order valence-corrected chi connectivity index (χ0v) is 10.8. The third kappa shape index (κ3) is 2.46. The summed E-state index contributed by atoms with van der Waals surface area (Å²) in [5.74, 6) is 0. The molecule has 0 aromatic heterocycles. The Morgan fingerprint density at radius 3 is 2.53 bits per heavy atom. The van der Waals surface area contributed by atoms with E-state index in [-0.39, 0.29) is 6.04 Å². The molecule has 2 aromatic carbocycles. The standard InChI is InChI=1S/C16H17N3/c17-12-16(19-9-7-18-8-10-19)15-6-5-13-3-1-2-4-14(13)11-15/h1-6,11,16,18H,7-10H2. The van der Waals surface area contributed by atoms with E-state index < -0.39 is 0 Å². The Kier molecular flexibility index (Phi) is 3.45. The maximum atomic E-state index is 9.49. The third-order valence-electron chi connectivity index (χ3n) is 3.73. The Morgan fingerprint density at radius 1 is 1.05 bits per heavy atom. The lowest BCUT2D eigenvalue weighted by molar-refractivity contribution is 0.207. The first-order valence-electron chi connectivity index (χ1n) is 6.71. The van der Waals surface area contributed by atoms with Gasteiger partial charge in [-0.1, -0.05) is 36.4 Å². The Hall–Kier alpha value is -1.89. The predicted molar refractivity (Wildman–Crippen MR) is 76.7 cm³/mol. The molecule has 1 N–H and O–H groups in total. The van der Waals surface area contributed by atoms with E-state index in [1.165, 1.54) is 10.8 Å². The van der Waals surface area contributed by atoms with Gasteiger partial charge in [-0.15, -0.1) is 0 Å². The summed E-state index contributed by atoms with van der Waals surface area (Å²) in [6, 6.07) is 16.9. The zero-order valence-electron chi connectivity index (χ0n) is 10.8. The number of nitriles is 1. The molecule has 2 aromatic rings. The highest BCUT2D eigenvalue weighted by Crippen LogP contribution is 2.24. The molecule has 3 rings (SSSR count). The van der Waals surface area contributed by atoms with Crippen molar-refractivity contribution in [3.63, 3.8) is 0 Å². The summed E-state index contributed by atoms with van der Waals surface area (Å²) < 4.78 is 0. The van der Waals surface area contributed by atoms with Crippen LogP contribution in [0.25, 0.3) is 10.8 Å². The SMILES string of the molecule is N#CC(c1ccc2ccccc2c1)N1CCNCC1. The Balaban J connectivity index is 1.94. The van der Waals surface area contributed by atoms with Gasteiger partial charge in [-0.3, -0.25) is 4.90 Å². The molecule has 0 bridgehead atoms. The van der Waals surface area contributed by atoms with Crippen LogP contribution in [0.5, 0.6) is 0 Å². The minimum absolute atomic E-state index is 0.133. The number of benzene rings is 2. The molecule has 0 aliphatic carbocycles. The minimum Gasteiger partial charge on any atom is -0.314 e. The van der Waals surface area contributed by atoms with E-state index >= 15 is 0 Å². The Morgan fingerprint density at radius 2 is 1.79 bits per heavy atom. The molecule has 1 unspecified atom stereocenters. The Bertz CT molecular complexity index is 609. The summed E-state index contributed by atoms with van der Waals surface area (Å²) in [7, 11) is 0. The van der Waals surface area contributed by atoms with E-state index in [4.69, 9.17) is 0 Å². The average Bonchev–Trinajstić information content (AvgIpc) is 2.49.